The van der Waals surface area contributed by atoms with Crippen molar-refractivity contribution in [3.05, 3.63) is 35.5 Å². The number of hydrogen-bond donors (Lipinski definition) is 1. The molecule has 0 aliphatic heterocycles. The first-order valence-electron chi connectivity index (χ1n) is 5.68. The predicted molar refractivity (Wildman–Crippen MR) is 68.2 cm³/mol. The Bertz CT molecular complexity index is 561. The summed E-state index contributed by atoms with van der Waals surface area (Å²) in [6, 6.07) is 7.85. The molecule has 2 rings (SSSR count). The molecule has 1 aromatic heterocycles. The second-order valence-electron chi connectivity index (χ2n) is 5.28. The highest BCUT2D eigenvalue weighted by Crippen LogP contribution is 2.19. The van der Waals surface area contributed by atoms with Gasteiger partial charge in [-0.1, -0.05) is 11.6 Å². The van der Waals surface area contributed by atoms with Crippen molar-refractivity contribution >= 4 is 16.9 Å². The Hall–Kier alpha value is -1.77. The van der Waals surface area contributed by atoms with E-state index >= 15 is 0 Å². The molecule has 0 saturated carbocycles. The number of rotatable bonds is 1. The molecule has 0 atom stereocenters. The third-order valence-corrected chi connectivity index (χ3v) is 2.40. The molecule has 90 valence electrons. The molecule has 17 heavy (non-hydrogen) atoms. The van der Waals surface area contributed by atoms with Crippen LogP contribution in [0.4, 0.5) is 0 Å². The summed E-state index contributed by atoms with van der Waals surface area (Å²) in [5, 5.41) is 1.03. The molecule has 0 amide bonds. The standard InChI is InChI=1S/C14H17NO2/c1-9-5-6-11-10(7-9)8-12(15-11)13(16)17-14(2,3)4/h5-8,15H,1-4H3. The fraction of sp³-hybridized carbons (Fsp3) is 0.357. The molecule has 0 aliphatic carbocycles. The lowest BCUT2D eigenvalue weighted by atomic mass is 10.2. The molecule has 0 bridgehead atoms. The quantitative estimate of drug-likeness (QED) is 0.764. The van der Waals surface area contributed by atoms with Gasteiger partial charge in [0.1, 0.15) is 11.3 Å². The zero-order valence-electron chi connectivity index (χ0n) is 10.6. The first-order valence-corrected chi connectivity index (χ1v) is 5.68. The number of carbonyl (C=O) groups is 1. The highest BCUT2D eigenvalue weighted by atomic mass is 16.6. The Morgan fingerprint density at radius 3 is 2.59 bits per heavy atom. The molecular weight excluding hydrogens is 214 g/mol. The second-order valence-corrected chi connectivity index (χ2v) is 5.28. The van der Waals surface area contributed by atoms with Crippen LogP contribution in [-0.2, 0) is 4.74 Å². The minimum Gasteiger partial charge on any atom is -0.455 e. The molecule has 0 spiro atoms. The topological polar surface area (TPSA) is 42.1 Å². The third kappa shape index (κ3) is 2.67. The van der Waals surface area contributed by atoms with Crippen LogP contribution in [0, 0.1) is 6.92 Å². The monoisotopic (exact) mass is 231 g/mol. The molecule has 0 unspecified atom stereocenters. The summed E-state index contributed by atoms with van der Waals surface area (Å²) in [5.74, 6) is -0.314. The van der Waals surface area contributed by atoms with Gasteiger partial charge < -0.3 is 9.72 Å². The molecule has 2 aromatic rings. The zero-order chi connectivity index (χ0) is 12.6. The summed E-state index contributed by atoms with van der Waals surface area (Å²) in [6.45, 7) is 7.60. The molecule has 1 aromatic carbocycles. The Labute approximate surface area is 101 Å². The molecule has 3 nitrogen and oxygen atoms in total. The number of fused-ring (bicyclic) bond motifs is 1. The molecule has 0 radical (unpaired) electrons. The van der Waals surface area contributed by atoms with E-state index < -0.39 is 5.60 Å². The van der Waals surface area contributed by atoms with Crippen molar-refractivity contribution in [3.63, 3.8) is 0 Å². The van der Waals surface area contributed by atoms with Crippen LogP contribution in [0.25, 0.3) is 10.9 Å². The molecular formula is C14H17NO2. The van der Waals surface area contributed by atoms with Gasteiger partial charge in [-0.2, -0.15) is 0 Å². The first-order chi connectivity index (χ1) is 7.85. The van der Waals surface area contributed by atoms with E-state index in [0.717, 1.165) is 10.9 Å². The normalized spacial score (nSPS) is 11.8. The van der Waals surface area contributed by atoms with Crippen molar-refractivity contribution in [2.75, 3.05) is 0 Å². The van der Waals surface area contributed by atoms with Crippen molar-refractivity contribution in [2.45, 2.75) is 33.3 Å². The fourth-order valence-electron chi connectivity index (χ4n) is 1.70. The third-order valence-electron chi connectivity index (χ3n) is 2.40. The molecule has 0 fully saturated rings. The summed E-state index contributed by atoms with van der Waals surface area (Å²) in [4.78, 5) is 14.9. The van der Waals surface area contributed by atoms with E-state index in [4.69, 9.17) is 4.74 Å². The van der Waals surface area contributed by atoms with Gasteiger partial charge in [0.2, 0.25) is 0 Å². The minimum atomic E-state index is -0.468. The van der Waals surface area contributed by atoms with Crippen LogP contribution < -0.4 is 0 Å². The predicted octanol–water partition coefficient (Wildman–Crippen LogP) is 3.43. The van der Waals surface area contributed by atoms with Crippen LogP contribution in [0.15, 0.2) is 24.3 Å². The molecule has 1 N–H and O–H groups in total. The summed E-state index contributed by atoms with van der Waals surface area (Å²) < 4.78 is 5.31. The molecule has 3 heteroatoms. The van der Waals surface area contributed by atoms with Crippen LogP contribution in [0.5, 0.6) is 0 Å². The van der Waals surface area contributed by atoms with E-state index in [-0.39, 0.29) is 5.97 Å². The van der Waals surface area contributed by atoms with E-state index in [1.165, 1.54) is 5.56 Å². The van der Waals surface area contributed by atoms with Crippen LogP contribution in [-0.4, -0.2) is 16.6 Å². The lowest BCUT2D eigenvalue weighted by Crippen LogP contribution is -2.24. The van der Waals surface area contributed by atoms with E-state index in [1.807, 2.05) is 52.0 Å². The van der Waals surface area contributed by atoms with Crippen molar-refractivity contribution in [1.82, 2.24) is 4.98 Å². The lowest BCUT2D eigenvalue weighted by Gasteiger charge is -2.18. The average molecular weight is 231 g/mol. The number of ether oxygens (including phenoxy) is 1. The minimum absolute atomic E-state index is 0.314. The number of aromatic nitrogens is 1. The molecule has 1 heterocycles. The van der Waals surface area contributed by atoms with E-state index in [2.05, 4.69) is 4.98 Å². The Morgan fingerprint density at radius 1 is 1.24 bits per heavy atom. The van der Waals surface area contributed by atoms with Crippen molar-refractivity contribution in [1.29, 1.82) is 0 Å². The van der Waals surface area contributed by atoms with Gasteiger partial charge in [0.05, 0.1) is 0 Å². The highest BCUT2D eigenvalue weighted by molar-refractivity contribution is 5.95. The number of aryl methyl sites for hydroxylation is 1. The summed E-state index contributed by atoms with van der Waals surface area (Å²) in [6.07, 6.45) is 0. The lowest BCUT2D eigenvalue weighted by molar-refractivity contribution is 0.00639. The SMILES string of the molecule is Cc1ccc2[nH]c(C(=O)OC(C)(C)C)cc2c1. The molecule has 0 saturated heterocycles. The Morgan fingerprint density at radius 2 is 1.94 bits per heavy atom. The van der Waals surface area contributed by atoms with Crippen molar-refractivity contribution in [3.8, 4) is 0 Å². The zero-order valence-corrected chi connectivity index (χ0v) is 10.6. The van der Waals surface area contributed by atoms with E-state index in [9.17, 15) is 4.79 Å². The second kappa shape index (κ2) is 3.91. The van der Waals surface area contributed by atoms with Crippen molar-refractivity contribution < 1.29 is 9.53 Å². The van der Waals surface area contributed by atoms with Crippen LogP contribution >= 0.6 is 0 Å². The highest BCUT2D eigenvalue weighted by Gasteiger charge is 2.19. The Kier molecular flexibility index (Phi) is 2.69. The smallest absolute Gasteiger partial charge is 0.355 e. The number of hydrogen-bond acceptors (Lipinski definition) is 2. The van der Waals surface area contributed by atoms with Gasteiger partial charge >= 0.3 is 5.97 Å². The van der Waals surface area contributed by atoms with Gasteiger partial charge in [-0.05, 0) is 45.9 Å². The van der Waals surface area contributed by atoms with Gasteiger partial charge in [-0.3, -0.25) is 0 Å². The summed E-state index contributed by atoms with van der Waals surface area (Å²) in [7, 11) is 0. The van der Waals surface area contributed by atoms with Crippen LogP contribution in [0.1, 0.15) is 36.8 Å². The van der Waals surface area contributed by atoms with Crippen molar-refractivity contribution in [2.24, 2.45) is 0 Å². The van der Waals surface area contributed by atoms with Crippen LogP contribution in [0.2, 0.25) is 0 Å². The Balaban J connectivity index is 2.33. The maximum absolute atomic E-state index is 11.9. The fourth-order valence-corrected chi connectivity index (χ4v) is 1.70. The number of nitrogens with one attached hydrogen (secondary N) is 1. The van der Waals surface area contributed by atoms with Gasteiger partial charge in [0, 0.05) is 10.9 Å². The average Bonchev–Trinajstić information content (AvgIpc) is 2.57. The number of H-pyrrole nitrogens is 1. The number of carbonyl (C=O) groups excluding carboxylic acids is 1. The summed E-state index contributed by atoms with van der Waals surface area (Å²) >= 11 is 0. The van der Waals surface area contributed by atoms with Crippen LogP contribution in [0.3, 0.4) is 0 Å². The van der Waals surface area contributed by atoms with E-state index in [0.29, 0.717) is 5.69 Å². The van der Waals surface area contributed by atoms with Gasteiger partial charge in [0.25, 0.3) is 0 Å². The number of benzene rings is 1. The summed E-state index contributed by atoms with van der Waals surface area (Å²) in [5.41, 5.74) is 2.16. The first kappa shape index (κ1) is 11.7. The maximum atomic E-state index is 11.9. The van der Waals surface area contributed by atoms with Gasteiger partial charge in [-0.25, -0.2) is 4.79 Å². The number of esters is 1. The van der Waals surface area contributed by atoms with E-state index in [1.54, 1.807) is 0 Å². The van der Waals surface area contributed by atoms with Gasteiger partial charge in [0.15, 0.2) is 0 Å². The largest absolute Gasteiger partial charge is 0.455 e. The van der Waals surface area contributed by atoms with Gasteiger partial charge in [-0.15, -0.1) is 0 Å². The number of aromatic amines is 1. The molecule has 0 aliphatic rings. The maximum Gasteiger partial charge on any atom is 0.355 e.